The molecule has 0 aromatic carbocycles. The molecule has 1 saturated heterocycles. The zero-order valence-electron chi connectivity index (χ0n) is 9.02. The molecule has 0 aliphatic carbocycles. The van der Waals surface area contributed by atoms with E-state index in [1.54, 1.807) is 13.8 Å². The molecular formula is C11H14O4. The van der Waals surface area contributed by atoms with E-state index in [0.29, 0.717) is 0 Å². The number of carbonyl (C=O) groups is 2. The van der Waals surface area contributed by atoms with Gasteiger partial charge in [-0.25, -0.2) is 0 Å². The predicted octanol–water partition coefficient (Wildman–Crippen LogP) is 0.708. The van der Waals surface area contributed by atoms with Crippen molar-refractivity contribution in [2.45, 2.75) is 26.1 Å². The number of fused-ring (bicyclic) bond motifs is 2. The first kappa shape index (κ1) is 10.4. The molecule has 4 heteroatoms. The molecule has 0 aromatic rings. The lowest BCUT2D eigenvalue weighted by Crippen LogP contribution is -2.51. The van der Waals surface area contributed by atoms with Crippen LogP contribution in [0.2, 0.25) is 0 Å². The molecule has 0 N–H and O–H groups in total. The number of aldehydes is 1. The van der Waals surface area contributed by atoms with Crippen molar-refractivity contribution in [1.82, 2.24) is 0 Å². The average molecular weight is 210 g/mol. The summed E-state index contributed by atoms with van der Waals surface area (Å²) in [5.74, 6) is -0.394. The van der Waals surface area contributed by atoms with Crippen LogP contribution >= 0.6 is 0 Å². The summed E-state index contributed by atoms with van der Waals surface area (Å²) in [5, 5.41) is 0. The minimum absolute atomic E-state index is 0.316. The van der Waals surface area contributed by atoms with Gasteiger partial charge < -0.3 is 14.3 Å². The summed E-state index contributed by atoms with van der Waals surface area (Å²) in [4.78, 5) is 23.0. The third-order valence-electron chi connectivity index (χ3n) is 3.89. The van der Waals surface area contributed by atoms with Crippen LogP contribution < -0.4 is 0 Å². The van der Waals surface area contributed by atoms with Gasteiger partial charge in [0.2, 0.25) is 0 Å². The van der Waals surface area contributed by atoms with E-state index in [4.69, 9.17) is 9.47 Å². The second-order valence-electron chi connectivity index (χ2n) is 4.46. The standard InChI is InChI=1S/C11H14O4/c1-10(6-12)7-4-5-8(15-7)11(10,2)9(13)14-3/h4-8H,1-3H3. The van der Waals surface area contributed by atoms with E-state index < -0.39 is 16.8 Å². The van der Waals surface area contributed by atoms with E-state index >= 15 is 0 Å². The second-order valence-corrected chi connectivity index (χ2v) is 4.46. The zero-order chi connectivity index (χ0) is 11.3. The molecule has 1 fully saturated rings. The van der Waals surface area contributed by atoms with Gasteiger partial charge in [-0.2, -0.15) is 0 Å². The Kier molecular flexibility index (Phi) is 2.01. The molecule has 2 bridgehead atoms. The molecule has 4 atom stereocenters. The van der Waals surface area contributed by atoms with E-state index in [-0.39, 0.29) is 12.2 Å². The summed E-state index contributed by atoms with van der Waals surface area (Å²) < 4.78 is 10.3. The molecule has 2 heterocycles. The Morgan fingerprint density at radius 1 is 1.40 bits per heavy atom. The van der Waals surface area contributed by atoms with E-state index in [2.05, 4.69) is 0 Å². The van der Waals surface area contributed by atoms with Gasteiger partial charge in [-0.15, -0.1) is 0 Å². The normalized spacial score (nSPS) is 46.9. The van der Waals surface area contributed by atoms with Crippen molar-refractivity contribution >= 4 is 12.3 Å². The van der Waals surface area contributed by atoms with Crippen LogP contribution in [-0.2, 0) is 19.1 Å². The fourth-order valence-electron chi connectivity index (χ4n) is 2.46. The predicted molar refractivity (Wildman–Crippen MR) is 52.1 cm³/mol. The van der Waals surface area contributed by atoms with Gasteiger partial charge in [-0.1, -0.05) is 12.2 Å². The monoisotopic (exact) mass is 210 g/mol. The van der Waals surface area contributed by atoms with Gasteiger partial charge in [0.1, 0.15) is 11.7 Å². The summed E-state index contributed by atoms with van der Waals surface area (Å²) in [5.41, 5.74) is -1.75. The second kappa shape index (κ2) is 2.92. The van der Waals surface area contributed by atoms with E-state index in [0.717, 1.165) is 6.29 Å². The molecular weight excluding hydrogens is 196 g/mol. The van der Waals surface area contributed by atoms with Crippen molar-refractivity contribution in [3.63, 3.8) is 0 Å². The Hall–Kier alpha value is -1.16. The van der Waals surface area contributed by atoms with Crippen LogP contribution in [0.25, 0.3) is 0 Å². The van der Waals surface area contributed by atoms with Crippen molar-refractivity contribution in [3.05, 3.63) is 12.2 Å². The van der Waals surface area contributed by atoms with Crippen molar-refractivity contribution in [2.24, 2.45) is 10.8 Å². The Labute approximate surface area is 88.2 Å². The molecule has 4 nitrogen and oxygen atoms in total. The third-order valence-corrected chi connectivity index (χ3v) is 3.89. The summed E-state index contributed by atoms with van der Waals surface area (Å²) >= 11 is 0. The van der Waals surface area contributed by atoms with Crippen LogP contribution in [0.1, 0.15) is 13.8 Å². The summed E-state index contributed by atoms with van der Waals surface area (Å²) in [6.07, 6.45) is 3.79. The van der Waals surface area contributed by atoms with Crippen molar-refractivity contribution < 1.29 is 19.1 Å². The van der Waals surface area contributed by atoms with Crippen LogP contribution in [0.15, 0.2) is 12.2 Å². The minimum atomic E-state index is -0.914. The van der Waals surface area contributed by atoms with Crippen molar-refractivity contribution in [1.29, 1.82) is 0 Å². The van der Waals surface area contributed by atoms with Gasteiger partial charge >= 0.3 is 5.97 Å². The quantitative estimate of drug-likeness (QED) is 0.382. The SMILES string of the molecule is COC(=O)C1(C)C2C=CC(O2)C1(C)C=O. The Balaban J connectivity index is 2.51. The van der Waals surface area contributed by atoms with Crippen LogP contribution in [0.5, 0.6) is 0 Å². The first-order valence-corrected chi connectivity index (χ1v) is 4.89. The maximum absolute atomic E-state index is 11.8. The summed E-state index contributed by atoms with van der Waals surface area (Å²) in [7, 11) is 1.33. The van der Waals surface area contributed by atoms with Gasteiger partial charge in [-0.05, 0) is 13.8 Å². The largest absolute Gasteiger partial charge is 0.468 e. The van der Waals surface area contributed by atoms with Crippen LogP contribution in [0, 0.1) is 10.8 Å². The molecule has 0 aromatic heterocycles. The molecule has 15 heavy (non-hydrogen) atoms. The lowest BCUT2D eigenvalue weighted by Gasteiger charge is -2.38. The van der Waals surface area contributed by atoms with Gasteiger partial charge in [0.15, 0.2) is 0 Å². The molecule has 0 amide bonds. The number of methoxy groups -OCH3 is 1. The summed E-state index contributed by atoms with van der Waals surface area (Å²) in [6, 6.07) is 0. The Morgan fingerprint density at radius 2 is 2.00 bits per heavy atom. The van der Waals surface area contributed by atoms with Crippen molar-refractivity contribution in [2.75, 3.05) is 7.11 Å². The van der Waals surface area contributed by atoms with Crippen LogP contribution in [-0.4, -0.2) is 31.6 Å². The summed E-state index contributed by atoms with van der Waals surface area (Å²) in [6.45, 7) is 3.46. The van der Waals surface area contributed by atoms with E-state index in [9.17, 15) is 9.59 Å². The Bertz CT molecular complexity index is 348. The number of hydrogen-bond acceptors (Lipinski definition) is 4. The minimum Gasteiger partial charge on any atom is -0.468 e. The number of rotatable bonds is 2. The number of carbonyl (C=O) groups excluding carboxylic acids is 2. The van der Waals surface area contributed by atoms with Gasteiger partial charge in [-0.3, -0.25) is 4.79 Å². The molecule has 0 saturated carbocycles. The molecule has 0 spiro atoms. The number of esters is 1. The maximum atomic E-state index is 11.8. The maximum Gasteiger partial charge on any atom is 0.315 e. The topological polar surface area (TPSA) is 52.6 Å². The van der Waals surface area contributed by atoms with Gasteiger partial charge in [0.05, 0.1) is 24.7 Å². The van der Waals surface area contributed by atoms with Crippen LogP contribution in [0.3, 0.4) is 0 Å². The Morgan fingerprint density at radius 3 is 2.53 bits per heavy atom. The molecule has 2 aliphatic rings. The molecule has 2 rings (SSSR count). The number of ether oxygens (including phenoxy) is 2. The first-order chi connectivity index (χ1) is 7.00. The fraction of sp³-hybridized carbons (Fsp3) is 0.636. The highest BCUT2D eigenvalue weighted by Gasteiger charge is 2.67. The lowest BCUT2D eigenvalue weighted by molar-refractivity contribution is -0.160. The third kappa shape index (κ3) is 0.951. The van der Waals surface area contributed by atoms with Crippen molar-refractivity contribution in [3.8, 4) is 0 Å². The highest BCUT2D eigenvalue weighted by molar-refractivity contribution is 5.85. The van der Waals surface area contributed by atoms with E-state index in [1.807, 2.05) is 12.2 Å². The molecule has 82 valence electrons. The smallest absolute Gasteiger partial charge is 0.315 e. The molecule has 2 aliphatic heterocycles. The highest BCUT2D eigenvalue weighted by atomic mass is 16.5. The molecule has 4 unspecified atom stereocenters. The molecule has 0 radical (unpaired) electrons. The highest BCUT2D eigenvalue weighted by Crippen LogP contribution is 2.56. The number of hydrogen-bond donors (Lipinski definition) is 0. The zero-order valence-corrected chi connectivity index (χ0v) is 9.02. The average Bonchev–Trinajstić information content (AvgIpc) is 2.81. The van der Waals surface area contributed by atoms with Gasteiger partial charge in [0, 0.05) is 0 Å². The van der Waals surface area contributed by atoms with E-state index in [1.165, 1.54) is 7.11 Å². The lowest BCUT2D eigenvalue weighted by atomic mass is 9.60. The first-order valence-electron chi connectivity index (χ1n) is 4.89. The van der Waals surface area contributed by atoms with Gasteiger partial charge in [0.25, 0.3) is 0 Å². The fourth-order valence-corrected chi connectivity index (χ4v) is 2.46. The van der Waals surface area contributed by atoms with Crippen LogP contribution in [0.4, 0.5) is 0 Å².